The number of hydrogen-bond donors (Lipinski definition) is 3. The minimum absolute atomic E-state index is 0.0886. The Kier molecular flexibility index (Phi) is 6.32. The summed E-state index contributed by atoms with van der Waals surface area (Å²) in [5, 5.41) is 11.4. The zero-order valence-electron chi connectivity index (χ0n) is 16.1. The van der Waals surface area contributed by atoms with Crippen molar-refractivity contribution in [1.82, 2.24) is 4.57 Å². The Morgan fingerprint density at radius 2 is 1.90 bits per heavy atom. The Morgan fingerprint density at radius 3 is 2.42 bits per heavy atom. The van der Waals surface area contributed by atoms with Gasteiger partial charge >= 0.3 is 6.18 Å². The molecular formula is C18H18F4IN3O4S. The normalized spacial score (nSPS) is 15.6. The van der Waals surface area contributed by atoms with Crippen LogP contribution in [-0.4, -0.2) is 29.4 Å². The average Bonchev–Trinajstić information content (AvgIpc) is 3.42. The average molecular weight is 575 g/mol. The largest absolute Gasteiger partial charge is 0.423 e. The van der Waals surface area contributed by atoms with Gasteiger partial charge in [-0.05, 0) is 60.1 Å². The van der Waals surface area contributed by atoms with Gasteiger partial charge in [-0.25, -0.2) is 12.8 Å². The zero-order chi connectivity index (χ0) is 23.2. The SMILES string of the molecule is Cn1cc(NS(=O)(=O)C2(CCO)CC2)c(Nc2ccc(I)cc2F)c(C(F)(F)F)c1=O. The lowest BCUT2D eigenvalue weighted by Gasteiger charge is -2.22. The van der Waals surface area contributed by atoms with E-state index in [0.29, 0.717) is 8.14 Å². The second-order valence-corrected chi connectivity index (χ2v) is 10.5. The number of anilines is 3. The molecule has 31 heavy (non-hydrogen) atoms. The van der Waals surface area contributed by atoms with E-state index in [-0.39, 0.29) is 24.9 Å². The van der Waals surface area contributed by atoms with Crippen LogP contribution < -0.4 is 15.6 Å². The summed E-state index contributed by atoms with van der Waals surface area (Å²) >= 11 is 1.82. The van der Waals surface area contributed by atoms with Crippen LogP contribution in [0.1, 0.15) is 24.8 Å². The first-order chi connectivity index (χ1) is 14.3. The third-order valence-corrected chi connectivity index (χ3v) is 7.95. The molecule has 1 saturated carbocycles. The monoisotopic (exact) mass is 575 g/mol. The Hall–Kier alpha value is -1.87. The maximum atomic E-state index is 14.3. The summed E-state index contributed by atoms with van der Waals surface area (Å²) in [7, 11) is -3.17. The molecule has 0 amide bonds. The van der Waals surface area contributed by atoms with Gasteiger partial charge in [-0.15, -0.1) is 0 Å². The van der Waals surface area contributed by atoms with Gasteiger partial charge in [0.2, 0.25) is 10.0 Å². The van der Waals surface area contributed by atoms with Gasteiger partial charge in [-0.3, -0.25) is 9.52 Å². The van der Waals surface area contributed by atoms with Gasteiger partial charge in [0.15, 0.2) is 0 Å². The number of pyridine rings is 1. The van der Waals surface area contributed by atoms with E-state index in [0.717, 1.165) is 19.3 Å². The molecule has 1 aromatic heterocycles. The van der Waals surface area contributed by atoms with E-state index in [2.05, 4.69) is 10.0 Å². The van der Waals surface area contributed by atoms with Gasteiger partial charge in [0.25, 0.3) is 5.56 Å². The number of hydrogen-bond acceptors (Lipinski definition) is 5. The molecule has 1 aliphatic rings. The van der Waals surface area contributed by atoms with Crippen LogP contribution in [0, 0.1) is 9.39 Å². The van der Waals surface area contributed by atoms with Crippen LogP contribution in [-0.2, 0) is 23.2 Å². The van der Waals surface area contributed by atoms with Crippen molar-refractivity contribution in [3.63, 3.8) is 0 Å². The van der Waals surface area contributed by atoms with Crippen molar-refractivity contribution < 1.29 is 31.1 Å². The van der Waals surface area contributed by atoms with Crippen molar-refractivity contribution in [2.45, 2.75) is 30.2 Å². The number of halogens is 5. The summed E-state index contributed by atoms with van der Waals surface area (Å²) in [5.41, 5.74) is -4.92. The third-order valence-electron chi connectivity index (χ3n) is 5.04. The van der Waals surface area contributed by atoms with Gasteiger partial charge in [0.1, 0.15) is 11.4 Å². The summed E-state index contributed by atoms with van der Waals surface area (Å²) in [6.07, 6.45) is -3.88. The van der Waals surface area contributed by atoms with Gasteiger partial charge in [-0.1, -0.05) is 0 Å². The predicted molar refractivity (Wildman–Crippen MR) is 115 cm³/mol. The van der Waals surface area contributed by atoms with E-state index in [9.17, 15) is 30.8 Å². The molecule has 1 heterocycles. The molecule has 0 atom stereocenters. The Balaban J connectivity index is 2.19. The molecule has 13 heteroatoms. The minimum Gasteiger partial charge on any atom is -0.396 e. The van der Waals surface area contributed by atoms with Gasteiger partial charge in [0.05, 0.1) is 21.8 Å². The smallest absolute Gasteiger partial charge is 0.396 e. The number of benzene rings is 1. The molecule has 2 aromatic rings. The molecule has 1 aromatic carbocycles. The highest BCUT2D eigenvalue weighted by atomic mass is 127. The van der Waals surface area contributed by atoms with E-state index in [1.54, 1.807) is 0 Å². The number of aryl methyl sites for hydroxylation is 1. The van der Waals surface area contributed by atoms with E-state index in [4.69, 9.17) is 5.11 Å². The molecule has 3 rings (SSSR count). The molecule has 170 valence electrons. The fourth-order valence-corrected chi connectivity index (χ4v) is 5.29. The Labute approximate surface area is 188 Å². The summed E-state index contributed by atoms with van der Waals surface area (Å²) in [6.45, 7) is -0.416. The first-order valence-corrected chi connectivity index (χ1v) is 11.5. The molecule has 3 N–H and O–H groups in total. The van der Waals surface area contributed by atoms with Crippen LogP contribution in [0.25, 0.3) is 0 Å². The Morgan fingerprint density at radius 1 is 1.26 bits per heavy atom. The van der Waals surface area contributed by atoms with Crippen LogP contribution in [0.2, 0.25) is 0 Å². The standard InChI is InChI=1S/C18H18F4IN3O4S/c1-26-9-13(25-31(29,30)17(4-5-17)6-7-27)15(14(16(26)28)18(20,21)22)24-12-3-2-10(23)8-11(12)19/h2-3,8-9,24-25,27H,4-7H2,1H3. The van der Waals surface area contributed by atoms with Crippen molar-refractivity contribution in [1.29, 1.82) is 0 Å². The molecule has 0 spiro atoms. The van der Waals surface area contributed by atoms with Gasteiger partial charge in [0, 0.05) is 23.4 Å². The van der Waals surface area contributed by atoms with Crippen molar-refractivity contribution in [2.24, 2.45) is 7.05 Å². The second kappa shape index (κ2) is 8.24. The highest BCUT2D eigenvalue weighted by Crippen LogP contribution is 2.48. The topological polar surface area (TPSA) is 100 Å². The van der Waals surface area contributed by atoms with Crippen LogP contribution in [0.15, 0.2) is 29.2 Å². The lowest BCUT2D eigenvalue weighted by molar-refractivity contribution is -0.138. The summed E-state index contributed by atoms with van der Waals surface area (Å²) in [5.74, 6) is -0.881. The maximum Gasteiger partial charge on any atom is 0.423 e. The minimum atomic E-state index is -5.15. The molecular weight excluding hydrogens is 557 g/mol. The highest BCUT2D eigenvalue weighted by molar-refractivity contribution is 14.1. The van der Waals surface area contributed by atoms with E-state index in [1.807, 2.05) is 22.6 Å². The quantitative estimate of drug-likeness (QED) is 0.347. The second-order valence-electron chi connectivity index (χ2n) is 7.22. The number of alkyl halides is 3. The van der Waals surface area contributed by atoms with Crippen LogP contribution >= 0.6 is 22.6 Å². The molecule has 0 aliphatic heterocycles. The fraction of sp³-hybridized carbons (Fsp3) is 0.389. The number of aliphatic hydroxyl groups excluding tert-OH is 1. The van der Waals surface area contributed by atoms with Crippen molar-refractivity contribution in [3.05, 3.63) is 49.7 Å². The number of sulfonamides is 1. The molecule has 7 nitrogen and oxygen atoms in total. The number of nitrogens with zero attached hydrogens (tertiary/aromatic N) is 1. The summed E-state index contributed by atoms with van der Waals surface area (Å²) in [6, 6.07) is 3.69. The van der Waals surface area contributed by atoms with Crippen molar-refractivity contribution in [3.8, 4) is 0 Å². The van der Waals surface area contributed by atoms with E-state index < -0.39 is 55.9 Å². The number of rotatable bonds is 7. The number of aliphatic hydroxyl groups is 1. The van der Waals surface area contributed by atoms with Gasteiger partial charge < -0.3 is 15.0 Å². The maximum absolute atomic E-state index is 14.3. The summed E-state index contributed by atoms with van der Waals surface area (Å²) in [4.78, 5) is 12.3. The van der Waals surface area contributed by atoms with E-state index >= 15 is 0 Å². The van der Waals surface area contributed by atoms with Crippen molar-refractivity contribution >= 4 is 49.7 Å². The lowest BCUT2D eigenvalue weighted by Crippen LogP contribution is -2.33. The Bertz CT molecular complexity index is 1180. The number of nitrogens with one attached hydrogen (secondary N) is 2. The van der Waals surface area contributed by atoms with E-state index in [1.165, 1.54) is 12.1 Å². The van der Waals surface area contributed by atoms with Crippen LogP contribution in [0.3, 0.4) is 0 Å². The first kappa shape index (κ1) is 23.8. The van der Waals surface area contributed by atoms with Crippen LogP contribution in [0.5, 0.6) is 0 Å². The lowest BCUT2D eigenvalue weighted by atomic mass is 10.1. The third kappa shape index (κ3) is 4.67. The van der Waals surface area contributed by atoms with Crippen molar-refractivity contribution in [2.75, 3.05) is 16.6 Å². The predicted octanol–water partition coefficient (Wildman–Crippen LogP) is 3.55. The molecule has 1 fully saturated rings. The molecule has 1 aliphatic carbocycles. The fourth-order valence-electron chi connectivity index (χ4n) is 3.18. The molecule has 0 unspecified atom stereocenters. The molecule has 0 bridgehead atoms. The zero-order valence-corrected chi connectivity index (χ0v) is 19.0. The molecule has 0 radical (unpaired) electrons. The highest BCUT2D eigenvalue weighted by Gasteiger charge is 2.54. The van der Waals surface area contributed by atoms with Gasteiger partial charge in [-0.2, -0.15) is 13.2 Å². The number of aromatic nitrogens is 1. The first-order valence-electron chi connectivity index (χ1n) is 8.97. The summed E-state index contributed by atoms with van der Waals surface area (Å²) < 4.78 is 83.3. The molecule has 0 saturated heterocycles. The van der Waals surface area contributed by atoms with Crippen LogP contribution in [0.4, 0.5) is 34.6 Å².